The van der Waals surface area contributed by atoms with Gasteiger partial charge in [0.05, 0.1) is 12.2 Å². The summed E-state index contributed by atoms with van der Waals surface area (Å²) in [4.78, 5) is 15.7. The van der Waals surface area contributed by atoms with Crippen molar-refractivity contribution in [1.29, 1.82) is 0 Å². The minimum Gasteiger partial charge on any atom is -0.506 e. The number of fused-ring (bicyclic) bond motifs is 1. The van der Waals surface area contributed by atoms with Gasteiger partial charge in [0.15, 0.2) is 0 Å². The van der Waals surface area contributed by atoms with Gasteiger partial charge in [0.2, 0.25) is 0 Å². The largest absolute Gasteiger partial charge is 0.506 e. The van der Waals surface area contributed by atoms with Gasteiger partial charge in [0.25, 0.3) is 0 Å². The van der Waals surface area contributed by atoms with Crippen LogP contribution in [0.2, 0.25) is 0 Å². The molecule has 0 aliphatic heterocycles. The zero-order chi connectivity index (χ0) is 11.5. The van der Waals surface area contributed by atoms with Crippen molar-refractivity contribution in [2.24, 2.45) is 0 Å². The van der Waals surface area contributed by atoms with Crippen LogP contribution in [0, 0.1) is 0 Å². The Balaban J connectivity index is 2.63. The molecule has 0 fully saturated rings. The standard InChI is InChI=1S/C12H11NO3/c1-2-16-12(15)9-5-6-10(14)11-8(9)4-3-7-13-11/h3-7,14H,2H2,1H3. The molecule has 0 aliphatic carbocycles. The topological polar surface area (TPSA) is 59.4 Å². The van der Waals surface area contributed by atoms with Gasteiger partial charge in [-0.05, 0) is 25.1 Å². The lowest BCUT2D eigenvalue weighted by Gasteiger charge is -2.06. The molecule has 0 amide bonds. The molecule has 2 aromatic rings. The Labute approximate surface area is 92.5 Å². The molecule has 1 aromatic carbocycles. The molecule has 4 nitrogen and oxygen atoms in total. The number of benzene rings is 1. The first-order valence-corrected chi connectivity index (χ1v) is 4.98. The highest BCUT2D eigenvalue weighted by molar-refractivity contribution is 6.04. The van der Waals surface area contributed by atoms with Crippen molar-refractivity contribution in [3.63, 3.8) is 0 Å². The van der Waals surface area contributed by atoms with Crippen molar-refractivity contribution >= 4 is 16.9 Å². The lowest BCUT2D eigenvalue weighted by molar-refractivity contribution is 0.0528. The number of phenolic OH excluding ortho intramolecular Hbond substituents is 1. The highest BCUT2D eigenvalue weighted by Gasteiger charge is 2.13. The van der Waals surface area contributed by atoms with E-state index in [0.29, 0.717) is 23.1 Å². The van der Waals surface area contributed by atoms with E-state index in [1.807, 2.05) is 0 Å². The van der Waals surface area contributed by atoms with Gasteiger partial charge < -0.3 is 9.84 Å². The molecular weight excluding hydrogens is 206 g/mol. The fraction of sp³-hybridized carbons (Fsp3) is 0.167. The second-order valence-corrected chi connectivity index (χ2v) is 3.25. The summed E-state index contributed by atoms with van der Waals surface area (Å²) < 4.78 is 4.93. The first-order valence-electron chi connectivity index (χ1n) is 4.98. The minimum absolute atomic E-state index is 0.0589. The number of hydrogen-bond acceptors (Lipinski definition) is 4. The molecule has 0 saturated carbocycles. The fourth-order valence-corrected chi connectivity index (χ4v) is 1.54. The van der Waals surface area contributed by atoms with Gasteiger partial charge in [0.1, 0.15) is 11.3 Å². The molecular formula is C12H11NO3. The normalized spacial score (nSPS) is 10.3. The van der Waals surface area contributed by atoms with Crippen LogP contribution < -0.4 is 0 Å². The van der Waals surface area contributed by atoms with Crippen LogP contribution in [0.3, 0.4) is 0 Å². The minimum atomic E-state index is -0.402. The Kier molecular flexibility index (Phi) is 2.72. The number of phenols is 1. The van der Waals surface area contributed by atoms with Crippen molar-refractivity contribution < 1.29 is 14.6 Å². The van der Waals surface area contributed by atoms with E-state index in [1.54, 1.807) is 25.3 Å². The van der Waals surface area contributed by atoms with Crippen LogP contribution in [0.4, 0.5) is 0 Å². The molecule has 4 heteroatoms. The van der Waals surface area contributed by atoms with Gasteiger partial charge >= 0.3 is 5.97 Å². The summed E-state index contributed by atoms with van der Waals surface area (Å²) in [7, 11) is 0. The Hall–Kier alpha value is -2.10. The third-order valence-corrected chi connectivity index (χ3v) is 2.24. The zero-order valence-corrected chi connectivity index (χ0v) is 8.80. The van der Waals surface area contributed by atoms with Crippen molar-refractivity contribution in [1.82, 2.24) is 4.98 Å². The molecule has 1 N–H and O–H groups in total. The van der Waals surface area contributed by atoms with Crippen LogP contribution in [0.5, 0.6) is 5.75 Å². The first kappa shape index (κ1) is 10.4. The van der Waals surface area contributed by atoms with Gasteiger partial charge in [0, 0.05) is 11.6 Å². The molecule has 0 spiro atoms. The quantitative estimate of drug-likeness (QED) is 0.783. The summed E-state index contributed by atoms with van der Waals surface area (Å²) >= 11 is 0. The van der Waals surface area contributed by atoms with E-state index in [1.165, 1.54) is 12.1 Å². The lowest BCUT2D eigenvalue weighted by Crippen LogP contribution is -2.05. The van der Waals surface area contributed by atoms with Gasteiger partial charge in [-0.3, -0.25) is 4.98 Å². The summed E-state index contributed by atoms with van der Waals surface area (Å²) in [5, 5.41) is 10.2. The maximum Gasteiger partial charge on any atom is 0.338 e. The van der Waals surface area contributed by atoms with Crippen LogP contribution in [0.1, 0.15) is 17.3 Å². The third-order valence-electron chi connectivity index (χ3n) is 2.24. The summed E-state index contributed by atoms with van der Waals surface area (Å²) in [6.07, 6.45) is 1.57. The summed E-state index contributed by atoms with van der Waals surface area (Å²) in [5.41, 5.74) is 0.829. The molecule has 0 radical (unpaired) electrons. The van der Waals surface area contributed by atoms with E-state index in [-0.39, 0.29) is 5.75 Å². The fourth-order valence-electron chi connectivity index (χ4n) is 1.54. The second kappa shape index (κ2) is 4.18. The molecule has 0 saturated heterocycles. The van der Waals surface area contributed by atoms with Crippen molar-refractivity contribution in [3.05, 3.63) is 36.0 Å². The van der Waals surface area contributed by atoms with Crippen LogP contribution in [0.25, 0.3) is 10.9 Å². The van der Waals surface area contributed by atoms with Crippen molar-refractivity contribution in [3.8, 4) is 5.75 Å². The second-order valence-electron chi connectivity index (χ2n) is 3.25. The Morgan fingerprint density at radius 1 is 1.44 bits per heavy atom. The molecule has 2 rings (SSSR count). The molecule has 0 aliphatic rings. The Bertz CT molecular complexity index is 537. The maximum absolute atomic E-state index is 11.6. The van der Waals surface area contributed by atoms with Gasteiger partial charge in [-0.15, -0.1) is 0 Å². The van der Waals surface area contributed by atoms with Gasteiger partial charge in [-0.25, -0.2) is 4.79 Å². The first-order chi connectivity index (χ1) is 7.74. The molecule has 16 heavy (non-hydrogen) atoms. The van der Waals surface area contributed by atoms with E-state index < -0.39 is 5.97 Å². The number of ether oxygens (including phenoxy) is 1. The van der Waals surface area contributed by atoms with Crippen molar-refractivity contribution in [2.75, 3.05) is 6.61 Å². The average molecular weight is 217 g/mol. The van der Waals surface area contributed by atoms with Crippen LogP contribution in [-0.2, 0) is 4.74 Å². The highest BCUT2D eigenvalue weighted by Crippen LogP contribution is 2.25. The van der Waals surface area contributed by atoms with Crippen LogP contribution in [0.15, 0.2) is 30.5 Å². The van der Waals surface area contributed by atoms with E-state index in [0.717, 1.165) is 0 Å². The SMILES string of the molecule is CCOC(=O)c1ccc(O)c2ncccc12. The molecule has 1 aromatic heterocycles. The van der Waals surface area contributed by atoms with E-state index in [4.69, 9.17) is 4.74 Å². The number of aromatic nitrogens is 1. The predicted octanol–water partition coefficient (Wildman–Crippen LogP) is 2.12. The smallest absolute Gasteiger partial charge is 0.338 e. The van der Waals surface area contributed by atoms with Gasteiger partial charge in [-0.2, -0.15) is 0 Å². The maximum atomic E-state index is 11.6. The summed E-state index contributed by atoms with van der Waals surface area (Å²) in [5.74, 6) is -0.343. The third kappa shape index (κ3) is 1.69. The monoisotopic (exact) mass is 217 g/mol. The highest BCUT2D eigenvalue weighted by atomic mass is 16.5. The summed E-state index contributed by atoms with van der Waals surface area (Å²) in [6.45, 7) is 2.07. The zero-order valence-electron chi connectivity index (χ0n) is 8.80. The van der Waals surface area contributed by atoms with E-state index >= 15 is 0 Å². The number of carbonyl (C=O) groups excluding carboxylic acids is 1. The number of nitrogens with zero attached hydrogens (tertiary/aromatic N) is 1. The number of hydrogen-bond donors (Lipinski definition) is 1. The molecule has 82 valence electrons. The Morgan fingerprint density at radius 2 is 2.25 bits per heavy atom. The lowest BCUT2D eigenvalue weighted by atomic mass is 10.1. The number of esters is 1. The Morgan fingerprint density at radius 3 is 3.00 bits per heavy atom. The molecule has 0 atom stereocenters. The number of carbonyl (C=O) groups is 1. The van der Waals surface area contributed by atoms with Crippen molar-refractivity contribution in [2.45, 2.75) is 6.92 Å². The molecule has 1 heterocycles. The number of pyridine rings is 1. The van der Waals surface area contributed by atoms with E-state index in [9.17, 15) is 9.90 Å². The number of rotatable bonds is 2. The van der Waals surface area contributed by atoms with Gasteiger partial charge in [-0.1, -0.05) is 6.07 Å². The van der Waals surface area contributed by atoms with Crippen LogP contribution >= 0.6 is 0 Å². The predicted molar refractivity (Wildman–Crippen MR) is 59.4 cm³/mol. The van der Waals surface area contributed by atoms with E-state index in [2.05, 4.69) is 4.98 Å². The summed E-state index contributed by atoms with van der Waals surface area (Å²) in [6, 6.07) is 6.43. The molecule has 0 bridgehead atoms. The average Bonchev–Trinajstić information content (AvgIpc) is 2.30. The number of aromatic hydroxyl groups is 1. The molecule has 0 unspecified atom stereocenters. The van der Waals surface area contributed by atoms with Crippen LogP contribution in [-0.4, -0.2) is 22.7 Å².